The SMILES string of the molecule is CCOc1ccc(NC(=O)c2occc2C)cc1S(=O)(=O)N(CC)CC. The van der Waals surface area contributed by atoms with Gasteiger partial charge >= 0.3 is 0 Å². The molecule has 0 unspecified atom stereocenters. The minimum atomic E-state index is -3.74. The Morgan fingerprint density at radius 3 is 2.42 bits per heavy atom. The second-order valence-corrected chi connectivity index (χ2v) is 7.48. The summed E-state index contributed by atoms with van der Waals surface area (Å²) in [6, 6.07) is 6.24. The van der Waals surface area contributed by atoms with E-state index in [0.29, 0.717) is 30.9 Å². The van der Waals surface area contributed by atoms with E-state index in [4.69, 9.17) is 9.15 Å². The van der Waals surface area contributed by atoms with Crippen LogP contribution in [0.1, 0.15) is 36.9 Å². The topological polar surface area (TPSA) is 88.8 Å². The van der Waals surface area contributed by atoms with Crippen LogP contribution in [-0.4, -0.2) is 38.3 Å². The highest BCUT2D eigenvalue weighted by molar-refractivity contribution is 7.89. The van der Waals surface area contributed by atoms with E-state index < -0.39 is 15.9 Å². The Hall–Kier alpha value is -2.32. The first-order valence-corrected chi connectivity index (χ1v) is 9.91. The molecule has 142 valence electrons. The van der Waals surface area contributed by atoms with Gasteiger partial charge < -0.3 is 14.5 Å². The molecule has 8 heteroatoms. The number of nitrogens with zero attached hydrogens (tertiary/aromatic N) is 1. The van der Waals surface area contributed by atoms with E-state index in [2.05, 4.69) is 5.32 Å². The Kier molecular flexibility index (Phi) is 6.44. The zero-order valence-electron chi connectivity index (χ0n) is 15.4. The van der Waals surface area contributed by atoms with Gasteiger partial charge in [-0.25, -0.2) is 8.42 Å². The maximum atomic E-state index is 12.9. The van der Waals surface area contributed by atoms with Crippen LogP contribution in [0.2, 0.25) is 0 Å². The lowest BCUT2D eigenvalue weighted by Crippen LogP contribution is -2.31. The van der Waals surface area contributed by atoms with Gasteiger partial charge in [-0.05, 0) is 38.1 Å². The van der Waals surface area contributed by atoms with E-state index in [1.807, 2.05) is 0 Å². The van der Waals surface area contributed by atoms with Gasteiger partial charge in [0.2, 0.25) is 10.0 Å². The third kappa shape index (κ3) is 4.08. The molecule has 26 heavy (non-hydrogen) atoms. The van der Waals surface area contributed by atoms with Gasteiger partial charge in [-0.15, -0.1) is 0 Å². The Morgan fingerprint density at radius 2 is 1.88 bits per heavy atom. The quantitative estimate of drug-likeness (QED) is 0.759. The Labute approximate surface area is 154 Å². The number of anilines is 1. The molecule has 0 aliphatic heterocycles. The molecule has 0 bridgehead atoms. The molecule has 2 aromatic rings. The minimum Gasteiger partial charge on any atom is -0.492 e. The van der Waals surface area contributed by atoms with Crippen molar-refractivity contribution in [2.24, 2.45) is 0 Å². The molecular weight excluding hydrogens is 356 g/mol. The molecule has 0 saturated heterocycles. The normalized spacial score (nSPS) is 11.6. The van der Waals surface area contributed by atoms with Gasteiger partial charge in [0.25, 0.3) is 5.91 Å². The number of carbonyl (C=O) groups is 1. The molecule has 1 heterocycles. The highest BCUT2D eigenvalue weighted by atomic mass is 32.2. The lowest BCUT2D eigenvalue weighted by molar-refractivity contribution is 0.0996. The van der Waals surface area contributed by atoms with Crippen molar-refractivity contribution < 1.29 is 22.4 Å². The van der Waals surface area contributed by atoms with Crippen LogP contribution in [-0.2, 0) is 10.0 Å². The van der Waals surface area contributed by atoms with Crippen LogP contribution in [0, 0.1) is 6.92 Å². The first-order chi connectivity index (χ1) is 12.3. The van der Waals surface area contributed by atoms with Crippen molar-refractivity contribution in [2.75, 3.05) is 25.0 Å². The summed E-state index contributed by atoms with van der Waals surface area (Å²) in [4.78, 5) is 12.3. The number of rotatable bonds is 8. The summed E-state index contributed by atoms with van der Waals surface area (Å²) in [5.41, 5.74) is 1.05. The van der Waals surface area contributed by atoms with Crippen molar-refractivity contribution in [1.82, 2.24) is 4.31 Å². The number of amides is 1. The van der Waals surface area contributed by atoms with E-state index in [0.717, 1.165) is 0 Å². The van der Waals surface area contributed by atoms with Gasteiger partial charge in [0, 0.05) is 24.3 Å². The average Bonchev–Trinajstić information content (AvgIpc) is 3.03. The monoisotopic (exact) mass is 380 g/mol. The van der Waals surface area contributed by atoms with Crippen LogP contribution < -0.4 is 10.1 Å². The molecule has 0 radical (unpaired) electrons. The molecule has 0 fully saturated rings. The number of hydrogen-bond acceptors (Lipinski definition) is 5. The maximum Gasteiger partial charge on any atom is 0.291 e. The van der Waals surface area contributed by atoms with Crippen molar-refractivity contribution in [3.63, 3.8) is 0 Å². The largest absolute Gasteiger partial charge is 0.492 e. The standard InChI is InChI=1S/C18H24N2O5S/c1-5-20(6-2)26(22,23)16-12-14(8-9-15(16)24-7-3)19-18(21)17-13(4)10-11-25-17/h8-12H,5-7H2,1-4H3,(H,19,21). The van der Waals surface area contributed by atoms with E-state index in [-0.39, 0.29) is 16.4 Å². The van der Waals surface area contributed by atoms with Crippen molar-refractivity contribution in [3.8, 4) is 5.75 Å². The van der Waals surface area contributed by atoms with Crippen LogP contribution >= 0.6 is 0 Å². The van der Waals surface area contributed by atoms with Crippen molar-refractivity contribution in [1.29, 1.82) is 0 Å². The zero-order chi connectivity index (χ0) is 19.3. The summed E-state index contributed by atoms with van der Waals surface area (Å²) in [5.74, 6) is 0.00135. The van der Waals surface area contributed by atoms with Crippen LogP contribution in [0.25, 0.3) is 0 Å². The van der Waals surface area contributed by atoms with Gasteiger partial charge in [-0.1, -0.05) is 13.8 Å². The van der Waals surface area contributed by atoms with Crippen LogP contribution in [0.4, 0.5) is 5.69 Å². The average molecular weight is 380 g/mol. The van der Waals surface area contributed by atoms with E-state index in [1.54, 1.807) is 45.9 Å². The van der Waals surface area contributed by atoms with E-state index >= 15 is 0 Å². The molecule has 1 aromatic carbocycles. The van der Waals surface area contributed by atoms with Gasteiger partial charge in [0.1, 0.15) is 10.6 Å². The molecule has 1 aromatic heterocycles. The second-order valence-electron chi connectivity index (χ2n) is 5.57. The third-order valence-corrected chi connectivity index (χ3v) is 5.96. The summed E-state index contributed by atoms with van der Waals surface area (Å²) in [6.45, 7) is 8.09. The number of hydrogen-bond donors (Lipinski definition) is 1. The van der Waals surface area contributed by atoms with E-state index in [9.17, 15) is 13.2 Å². The number of ether oxygens (including phenoxy) is 1. The molecule has 0 spiro atoms. The van der Waals surface area contributed by atoms with Gasteiger partial charge in [0.05, 0.1) is 12.9 Å². The summed E-state index contributed by atoms with van der Waals surface area (Å²) in [6.07, 6.45) is 1.43. The maximum absolute atomic E-state index is 12.9. The van der Waals surface area contributed by atoms with Crippen molar-refractivity contribution in [3.05, 3.63) is 41.9 Å². The third-order valence-electron chi connectivity index (χ3n) is 3.89. The highest BCUT2D eigenvalue weighted by Gasteiger charge is 2.26. The number of furan rings is 1. The molecule has 7 nitrogen and oxygen atoms in total. The molecular formula is C18H24N2O5S. The Morgan fingerprint density at radius 1 is 1.19 bits per heavy atom. The van der Waals surface area contributed by atoms with E-state index in [1.165, 1.54) is 16.6 Å². The van der Waals surface area contributed by atoms with Crippen molar-refractivity contribution in [2.45, 2.75) is 32.6 Å². The number of carbonyl (C=O) groups excluding carboxylic acids is 1. The van der Waals surface area contributed by atoms with Crippen LogP contribution in [0.5, 0.6) is 5.75 Å². The van der Waals surface area contributed by atoms with Crippen molar-refractivity contribution >= 4 is 21.6 Å². The predicted molar refractivity (Wildman–Crippen MR) is 99.1 cm³/mol. The van der Waals surface area contributed by atoms with Crippen LogP contribution in [0.15, 0.2) is 39.8 Å². The molecule has 0 aliphatic rings. The first kappa shape index (κ1) is 20.0. The number of nitrogens with one attached hydrogen (secondary N) is 1. The number of sulfonamides is 1. The lowest BCUT2D eigenvalue weighted by atomic mass is 10.2. The highest BCUT2D eigenvalue weighted by Crippen LogP contribution is 2.30. The Bertz CT molecular complexity index is 869. The first-order valence-electron chi connectivity index (χ1n) is 8.47. The van der Waals surface area contributed by atoms with Crippen LogP contribution in [0.3, 0.4) is 0 Å². The molecule has 0 saturated carbocycles. The second kappa shape index (κ2) is 8.37. The predicted octanol–water partition coefficient (Wildman–Crippen LogP) is 3.27. The minimum absolute atomic E-state index is 0.0250. The summed E-state index contributed by atoms with van der Waals surface area (Å²) >= 11 is 0. The summed E-state index contributed by atoms with van der Waals surface area (Å²) in [5, 5.41) is 2.67. The lowest BCUT2D eigenvalue weighted by Gasteiger charge is -2.21. The molecule has 0 atom stereocenters. The number of aryl methyl sites for hydroxylation is 1. The Balaban J connectivity index is 2.42. The molecule has 2 rings (SSSR count). The fourth-order valence-electron chi connectivity index (χ4n) is 2.56. The molecule has 0 aliphatic carbocycles. The zero-order valence-corrected chi connectivity index (χ0v) is 16.2. The van der Waals surface area contributed by atoms with Gasteiger partial charge in [-0.2, -0.15) is 4.31 Å². The van der Waals surface area contributed by atoms with Gasteiger partial charge in [-0.3, -0.25) is 4.79 Å². The number of benzene rings is 1. The van der Waals surface area contributed by atoms with Gasteiger partial charge in [0.15, 0.2) is 5.76 Å². The summed E-state index contributed by atoms with van der Waals surface area (Å²) in [7, 11) is -3.74. The summed E-state index contributed by atoms with van der Waals surface area (Å²) < 4.78 is 37.8. The smallest absolute Gasteiger partial charge is 0.291 e. The fraction of sp³-hybridized carbons (Fsp3) is 0.389. The molecule has 1 amide bonds. The molecule has 1 N–H and O–H groups in total. The fourth-order valence-corrected chi connectivity index (χ4v) is 4.17.